The van der Waals surface area contributed by atoms with Gasteiger partial charge in [-0.1, -0.05) is 31.5 Å². The number of rotatable bonds is 6. The lowest BCUT2D eigenvalue weighted by molar-refractivity contribution is -0.128. The number of amides is 1. The monoisotopic (exact) mass is 271 g/mol. The number of thiocarbonyl (C=S) groups is 1. The van der Waals surface area contributed by atoms with E-state index in [4.69, 9.17) is 18.0 Å². The zero-order valence-electron chi connectivity index (χ0n) is 11.5. The molecular formula is C13H25N3OS. The van der Waals surface area contributed by atoms with Crippen LogP contribution in [-0.2, 0) is 4.79 Å². The Morgan fingerprint density at radius 2 is 1.94 bits per heavy atom. The van der Waals surface area contributed by atoms with E-state index in [1.54, 1.807) is 0 Å². The molecule has 0 aromatic rings. The molecule has 0 heterocycles. The van der Waals surface area contributed by atoms with Gasteiger partial charge in [-0.05, 0) is 39.9 Å². The van der Waals surface area contributed by atoms with Gasteiger partial charge < -0.3 is 16.0 Å². The summed E-state index contributed by atoms with van der Waals surface area (Å²) in [5, 5.41) is 3.00. The smallest absolute Gasteiger partial charge is 0.233 e. The van der Waals surface area contributed by atoms with Crippen molar-refractivity contribution in [2.24, 2.45) is 11.1 Å². The van der Waals surface area contributed by atoms with Crippen molar-refractivity contribution in [3.63, 3.8) is 0 Å². The average Bonchev–Trinajstić information content (AvgIpc) is 2.34. The Morgan fingerprint density at radius 3 is 2.44 bits per heavy atom. The zero-order valence-corrected chi connectivity index (χ0v) is 12.3. The molecule has 0 radical (unpaired) electrons. The van der Waals surface area contributed by atoms with Crippen molar-refractivity contribution in [3.05, 3.63) is 0 Å². The lowest BCUT2D eigenvalue weighted by Crippen LogP contribution is -2.50. The van der Waals surface area contributed by atoms with Gasteiger partial charge >= 0.3 is 0 Å². The first-order chi connectivity index (χ1) is 8.49. The molecule has 0 aliphatic heterocycles. The molecule has 1 amide bonds. The second-order valence-corrected chi connectivity index (χ2v) is 5.86. The molecule has 0 unspecified atom stereocenters. The Hall–Kier alpha value is -0.680. The van der Waals surface area contributed by atoms with E-state index in [9.17, 15) is 4.79 Å². The van der Waals surface area contributed by atoms with E-state index in [-0.39, 0.29) is 5.91 Å². The van der Waals surface area contributed by atoms with Crippen LogP contribution in [0.1, 0.15) is 38.5 Å². The molecule has 5 heteroatoms. The summed E-state index contributed by atoms with van der Waals surface area (Å²) in [5.41, 5.74) is 5.24. The first-order valence-corrected chi connectivity index (χ1v) is 7.13. The summed E-state index contributed by atoms with van der Waals surface area (Å²) in [4.78, 5) is 14.8. The molecule has 3 N–H and O–H groups in total. The Bertz CT molecular complexity index is 299. The van der Waals surface area contributed by atoms with E-state index in [1.165, 1.54) is 6.42 Å². The van der Waals surface area contributed by atoms with Gasteiger partial charge in [-0.25, -0.2) is 0 Å². The van der Waals surface area contributed by atoms with E-state index in [0.29, 0.717) is 11.5 Å². The second-order valence-electron chi connectivity index (χ2n) is 5.42. The van der Waals surface area contributed by atoms with Crippen LogP contribution >= 0.6 is 12.2 Å². The van der Waals surface area contributed by atoms with Crippen molar-refractivity contribution in [1.82, 2.24) is 10.2 Å². The maximum absolute atomic E-state index is 12.3. The van der Waals surface area contributed by atoms with Crippen molar-refractivity contribution in [2.45, 2.75) is 38.5 Å². The van der Waals surface area contributed by atoms with Gasteiger partial charge in [0, 0.05) is 6.54 Å². The van der Waals surface area contributed by atoms with E-state index >= 15 is 0 Å². The number of carbonyl (C=O) groups excluding carboxylic acids is 1. The predicted octanol–water partition coefficient (Wildman–Crippen LogP) is 1.29. The number of hydrogen-bond acceptors (Lipinski definition) is 3. The summed E-state index contributed by atoms with van der Waals surface area (Å²) in [6.07, 6.45) is 5.83. The van der Waals surface area contributed by atoms with Gasteiger partial charge in [0.05, 0.1) is 10.4 Å². The third kappa shape index (κ3) is 3.92. The molecule has 1 aliphatic carbocycles. The molecule has 0 aromatic heterocycles. The Morgan fingerprint density at radius 1 is 1.33 bits per heavy atom. The summed E-state index contributed by atoms with van der Waals surface area (Å²) in [6.45, 7) is 1.67. The largest absolute Gasteiger partial charge is 0.392 e. The molecule has 4 nitrogen and oxygen atoms in total. The molecule has 1 rings (SSSR count). The van der Waals surface area contributed by atoms with E-state index in [2.05, 4.69) is 10.2 Å². The fourth-order valence-corrected chi connectivity index (χ4v) is 2.80. The van der Waals surface area contributed by atoms with E-state index in [0.717, 1.165) is 38.6 Å². The van der Waals surface area contributed by atoms with Crippen molar-refractivity contribution in [3.8, 4) is 0 Å². The molecule has 0 bridgehead atoms. The number of nitrogens with two attached hydrogens (primary N) is 1. The molecule has 1 fully saturated rings. The number of nitrogens with zero attached hydrogens (tertiary/aromatic N) is 1. The fourth-order valence-electron chi connectivity index (χ4n) is 2.51. The van der Waals surface area contributed by atoms with Crippen LogP contribution in [-0.4, -0.2) is 43.0 Å². The van der Waals surface area contributed by atoms with Gasteiger partial charge in [0.2, 0.25) is 5.91 Å². The van der Waals surface area contributed by atoms with Crippen molar-refractivity contribution in [1.29, 1.82) is 0 Å². The highest BCUT2D eigenvalue weighted by Crippen LogP contribution is 2.36. The summed E-state index contributed by atoms with van der Waals surface area (Å²) in [6, 6.07) is 0. The quantitative estimate of drug-likeness (QED) is 0.564. The lowest BCUT2D eigenvalue weighted by Gasteiger charge is -2.34. The number of carbonyl (C=O) groups is 1. The van der Waals surface area contributed by atoms with Crippen LogP contribution in [0.25, 0.3) is 0 Å². The van der Waals surface area contributed by atoms with Crippen LogP contribution in [0, 0.1) is 5.41 Å². The molecule has 18 heavy (non-hydrogen) atoms. The van der Waals surface area contributed by atoms with Gasteiger partial charge in [0.15, 0.2) is 0 Å². The average molecular weight is 271 g/mol. The second kappa shape index (κ2) is 7.04. The van der Waals surface area contributed by atoms with Crippen LogP contribution in [0.2, 0.25) is 0 Å². The van der Waals surface area contributed by atoms with Crippen molar-refractivity contribution < 1.29 is 4.79 Å². The standard InChI is InChI=1S/C13H25N3OS/c1-16(2)10-6-9-15-12(17)13(11(14)18)7-4-3-5-8-13/h3-10H2,1-2H3,(H2,14,18)(H,15,17). The molecule has 0 spiro atoms. The van der Waals surface area contributed by atoms with E-state index in [1.807, 2.05) is 14.1 Å². The SMILES string of the molecule is CN(C)CCCNC(=O)C1(C(N)=S)CCCCC1. The van der Waals surface area contributed by atoms with Crippen LogP contribution < -0.4 is 11.1 Å². The first kappa shape index (κ1) is 15.4. The van der Waals surface area contributed by atoms with Gasteiger partial charge in [-0.2, -0.15) is 0 Å². The van der Waals surface area contributed by atoms with Crippen LogP contribution in [0.5, 0.6) is 0 Å². The summed E-state index contributed by atoms with van der Waals surface area (Å²) < 4.78 is 0. The highest BCUT2D eigenvalue weighted by Gasteiger charge is 2.41. The van der Waals surface area contributed by atoms with Crippen LogP contribution in [0.15, 0.2) is 0 Å². The normalized spacial score (nSPS) is 18.6. The third-order valence-electron chi connectivity index (χ3n) is 3.68. The van der Waals surface area contributed by atoms with Crippen LogP contribution in [0.4, 0.5) is 0 Å². The zero-order chi connectivity index (χ0) is 13.6. The van der Waals surface area contributed by atoms with Gasteiger partial charge in [-0.15, -0.1) is 0 Å². The highest BCUT2D eigenvalue weighted by atomic mass is 32.1. The Labute approximate surface area is 115 Å². The van der Waals surface area contributed by atoms with Gasteiger partial charge in [-0.3, -0.25) is 4.79 Å². The molecule has 1 saturated carbocycles. The maximum Gasteiger partial charge on any atom is 0.233 e. The first-order valence-electron chi connectivity index (χ1n) is 6.72. The third-order valence-corrected chi connectivity index (χ3v) is 4.07. The Balaban J connectivity index is 2.48. The van der Waals surface area contributed by atoms with Crippen molar-refractivity contribution >= 4 is 23.1 Å². The topological polar surface area (TPSA) is 58.4 Å². The lowest BCUT2D eigenvalue weighted by atomic mass is 9.73. The molecular weight excluding hydrogens is 246 g/mol. The molecule has 0 saturated heterocycles. The summed E-state index contributed by atoms with van der Waals surface area (Å²) >= 11 is 5.13. The molecule has 0 aromatic carbocycles. The summed E-state index contributed by atoms with van der Waals surface area (Å²) in [7, 11) is 4.05. The Kier molecular flexibility index (Phi) is 6.02. The predicted molar refractivity (Wildman–Crippen MR) is 78.5 cm³/mol. The van der Waals surface area contributed by atoms with Crippen molar-refractivity contribution in [2.75, 3.05) is 27.2 Å². The molecule has 1 aliphatic rings. The molecule has 104 valence electrons. The highest BCUT2D eigenvalue weighted by molar-refractivity contribution is 7.80. The molecule has 0 atom stereocenters. The minimum Gasteiger partial charge on any atom is -0.392 e. The number of hydrogen-bond donors (Lipinski definition) is 2. The fraction of sp³-hybridized carbons (Fsp3) is 0.846. The van der Waals surface area contributed by atoms with Gasteiger partial charge in [0.1, 0.15) is 0 Å². The summed E-state index contributed by atoms with van der Waals surface area (Å²) in [5.74, 6) is 0.0356. The maximum atomic E-state index is 12.3. The van der Waals surface area contributed by atoms with Gasteiger partial charge in [0.25, 0.3) is 0 Å². The minimum absolute atomic E-state index is 0.0356. The minimum atomic E-state index is -0.578. The number of nitrogens with one attached hydrogen (secondary N) is 1. The van der Waals surface area contributed by atoms with Crippen LogP contribution in [0.3, 0.4) is 0 Å². The van der Waals surface area contributed by atoms with E-state index < -0.39 is 5.41 Å².